The van der Waals surface area contributed by atoms with Crippen molar-refractivity contribution in [2.24, 2.45) is 0 Å². The third-order valence-electron chi connectivity index (χ3n) is 4.12. The van der Waals surface area contributed by atoms with Crippen LogP contribution >= 0.6 is 0 Å². The van der Waals surface area contributed by atoms with Crippen molar-refractivity contribution < 1.29 is 21.6 Å². The summed E-state index contributed by atoms with van der Waals surface area (Å²) in [4.78, 5) is 0.144. The molecule has 0 aromatic heterocycles. The Morgan fingerprint density at radius 3 is 2.54 bits per heavy atom. The van der Waals surface area contributed by atoms with Gasteiger partial charge in [0.1, 0.15) is 5.75 Å². The second-order valence-electron chi connectivity index (χ2n) is 6.05. The summed E-state index contributed by atoms with van der Waals surface area (Å²) < 4.78 is 58.4. The van der Waals surface area contributed by atoms with Crippen LogP contribution in [0, 0.1) is 6.92 Å². The van der Waals surface area contributed by atoms with Crippen LogP contribution in [-0.2, 0) is 20.0 Å². The molecule has 0 spiro atoms. The molecule has 1 fully saturated rings. The monoisotopic (exact) mass is 396 g/mol. The van der Waals surface area contributed by atoms with Crippen LogP contribution < -0.4 is 13.8 Å². The van der Waals surface area contributed by atoms with Gasteiger partial charge in [0.05, 0.1) is 29.1 Å². The molecule has 0 saturated carbocycles. The van der Waals surface area contributed by atoms with E-state index in [9.17, 15) is 16.8 Å². The van der Waals surface area contributed by atoms with Crippen molar-refractivity contribution in [1.82, 2.24) is 0 Å². The second kappa shape index (κ2) is 6.81. The summed E-state index contributed by atoms with van der Waals surface area (Å²) in [6.45, 7) is 2.21. The second-order valence-corrected chi connectivity index (χ2v) is 9.74. The maximum Gasteiger partial charge on any atom is 0.262 e. The molecule has 26 heavy (non-hydrogen) atoms. The molecule has 1 N–H and O–H groups in total. The van der Waals surface area contributed by atoms with Gasteiger partial charge in [0.25, 0.3) is 10.0 Å². The third kappa shape index (κ3) is 3.63. The van der Waals surface area contributed by atoms with Crippen molar-refractivity contribution in [3.05, 3.63) is 48.0 Å². The largest absolute Gasteiger partial charge is 0.494 e. The molecule has 1 heterocycles. The Hall–Kier alpha value is -2.26. The van der Waals surface area contributed by atoms with Crippen molar-refractivity contribution in [1.29, 1.82) is 0 Å². The van der Waals surface area contributed by atoms with E-state index in [0.717, 1.165) is 5.56 Å². The fraction of sp³-hybridized carbons (Fsp3) is 0.294. The van der Waals surface area contributed by atoms with Gasteiger partial charge in [0.15, 0.2) is 0 Å². The van der Waals surface area contributed by atoms with Gasteiger partial charge in [-0.2, -0.15) is 0 Å². The zero-order valence-corrected chi connectivity index (χ0v) is 16.1. The maximum atomic E-state index is 12.6. The predicted molar refractivity (Wildman–Crippen MR) is 101 cm³/mol. The highest BCUT2D eigenvalue weighted by atomic mass is 32.2. The number of ether oxygens (including phenoxy) is 1. The first-order valence-electron chi connectivity index (χ1n) is 8.01. The van der Waals surface area contributed by atoms with Gasteiger partial charge >= 0.3 is 0 Å². The van der Waals surface area contributed by atoms with Crippen molar-refractivity contribution >= 4 is 31.4 Å². The van der Waals surface area contributed by atoms with Crippen LogP contribution in [-0.4, -0.2) is 36.2 Å². The molecule has 7 nitrogen and oxygen atoms in total. The molecule has 0 bridgehead atoms. The number of benzene rings is 2. The number of hydrogen-bond donors (Lipinski definition) is 1. The number of anilines is 2. The molecule has 1 aliphatic heterocycles. The Balaban J connectivity index is 1.94. The van der Waals surface area contributed by atoms with Crippen LogP contribution in [0.25, 0.3) is 0 Å². The van der Waals surface area contributed by atoms with Gasteiger partial charge in [-0.25, -0.2) is 16.8 Å². The van der Waals surface area contributed by atoms with E-state index >= 15 is 0 Å². The van der Waals surface area contributed by atoms with Crippen LogP contribution in [0.4, 0.5) is 11.4 Å². The Kier molecular flexibility index (Phi) is 4.85. The quantitative estimate of drug-likeness (QED) is 0.837. The van der Waals surface area contributed by atoms with Crippen molar-refractivity contribution in [3.63, 3.8) is 0 Å². The summed E-state index contributed by atoms with van der Waals surface area (Å²) in [6, 6.07) is 11.2. The lowest BCUT2D eigenvalue weighted by Crippen LogP contribution is -2.25. The summed E-state index contributed by atoms with van der Waals surface area (Å²) in [6.07, 6.45) is 0.562. The molecule has 0 aliphatic carbocycles. The lowest BCUT2D eigenvalue weighted by atomic mass is 10.2. The van der Waals surface area contributed by atoms with Crippen molar-refractivity contribution in [3.8, 4) is 5.75 Å². The van der Waals surface area contributed by atoms with Gasteiger partial charge in [-0.1, -0.05) is 12.1 Å². The Morgan fingerprint density at radius 2 is 1.92 bits per heavy atom. The molecule has 0 radical (unpaired) electrons. The highest BCUT2D eigenvalue weighted by Gasteiger charge is 2.29. The fourth-order valence-electron chi connectivity index (χ4n) is 2.84. The predicted octanol–water partition coefficient (Wildman–Crippen LogP) is 2.34. The molecule has 0 amide bonds. The zero-order valence-electron chi connectivity index (χ0n) is 14.5. The van der Waals surface area contributed by atoms with Gasteiger partial charge in [-0.15, -0.1) is 0 Å². The first kappa shape index (κ1) is 18.5. The number of nitrogens with zero attached hydrogens (tertiary/aromatic N) is 1. The molecular weight excluding hydrogens is 376 g/mol. The number of hydrogen-bond acceptors (Lipinski definition) is 5. The van der Waals surface area contributed by atoms with Crippen molar-refractivity contribution in [2.75, 3.05) is 28.4 Å². The number of rotatable bonds is 5. The topological polar surface area (TPSA) is 92.8 Å². The molecule has 2 aromatic rings. The van der Waals surface area contributed by atoms with Crippen molar-refractivity contribution in [2.45, 2.75) is 18.2 Å². The van der Waals surface area contributed by atoms with Crippen LogP contribution in [0.3, 0.4) is 0 Å². The third-order valence-corrected chi connectivity index (χ3v) is 7.35. The number of sulfonamides is 2. The average Bonchev–Trinajstić information content (AvgIpc) is 2.94. The van der Waals surface area contributed by atoms with E-state index in [2.05, 4.69) is 4.72 Å². The van der Waals surface area contributed by atoms with E-state index in [-0.39, 0.29) is 22.1 Å². The summed E-state index contributed by atoms with van der Waals surface area (Å²) in [5.74, 6) is 0.359. The summed E-state index contributed by atoms with van der Waals surface area (Å²) in [7, 11) is -5.70. The average molecular weight is 396 g/mol. The molecular formula is C17H20N2O5S2. The molecule has 0 atom stereocenters. The van der Waals surface area contributed by atoms with Gasteiger partial charge in [0.2, 0.25) is 10.0 Å². The van der Waals surface area contributed by atoms with Gasteiger partial charge in [-0.3, -0.25) is 9.03 Å². The standard InChI is InChI=1S/C17H20N2O5S2/c1-13-5-3-6-15(11-13)26(22,23)18-16-8-7-14(12-17(16)24-2)19-9-4-10-25(19,20)21/h3,5-8,11-12,18H,4,9-10H2,1-2H3. The van der Waals surface area contributed by atoms with Crippen LogP contribution in [0.15, 0.2) is 47.4 Å². The van der Waals surface area contributed by atoms with E-state index in [1.54, 1.807) is 18.2 Å². The normalized spacial score (nSPS) is 16.5. The van der Waals surface area contributed by atoms with E-state index in [1.165, 1.54) is 29.6 Å². The number of nitrogens with one attached hydrogen (secondary N) is 1. The zero-order chi connectivity index (χ0) is 18.9. The van der Waals surface area contributed by atoms with Gasteiger partial charge < -0.3 is 4.74 Å². The molecule has 0 unspecified atom stereocenters. The minimum atomic E-state index is -3.78. The minimum Gasteiger partial charge on any atom is -0.494 e. The van der Waals surface area contributed by atoms with E-state index < -0.39 is 20.0 Å². The highest BCUT2D eigenvalue weighted by Crippen LogP contribution is 2.34. The molecule has 1 saturated heterocycles. The maximum absolute atomic E-state index is 12.6. The first-order valence-corrected chi connectivity index (χ1v) is 11.1. The number of aryl methyl sites for hydroxylation is 1. The van der Waals surface area contributed by atoms with Crippen LogP contribution in [0.5, 0.6) is 5.75 Å². The molecule has 9 heteroatoms. The van der Waals surface area contributed by atoms with Gasteiger partial charge in [0, 0.05) is 12.6 Å². The molecule has 3 rings (SSSR count). The smallest absolute Gasteiger partial charge is 0.262 e. The Morgan fingerprint density at radius 1 is 1.15 bits per heavy atom. The summed E-state index contributed by atoms with van der Waals surface area (Å²) >= 11 is 0. The van der Waals surface area contributed by atoms with Crippen LogP contribution in [0.1, 0.15) is 12.0 Å². The first-order chi connectivity index (χ1) is 12.2. The van der Waals surface area contributed by atoms with E-state index in [1.807, 2.05) is 13.0 Å². The summed E-state index contributed by atoms with van der Waals surface area (Å²) in [5.41, 5.74) is 1.53. The molecule has 2 aromatic carbocycles. The summed E-state index contributed by atoms with van der Waals surface area (Å²) in [5, 5.41) is 0. The highest BCUT2D eigenvalue weighted by molar-refractivity contribution is 7.93. The molecule has 1 aliphatic rings. The molecule has 140 valence electrons. The fourth-order valence-corrected chi connectivity index (χ4v) is 5.57. The SMILES string of the molecule is COc1cc(N2CCCS2(=O)=O)ccc1NS(=O)(=O)c1cccc(C)c1. The van der Waals surface area contributed by atoms with E-state index in [4.69, 9.17) is 4.74 Å². The van der Waals surface area contributed by atoms with E-state index in [0.29, 0.717) is 18.7 Å². The van der Waals surface area contributed by atoms with Crippen LogP contribution in [0.2, 0.25) is 0 Å². The lowest BCUT2D eigenvalue weighted by molar-refractivity contribution is 0.417. The number of methoxy groups -OCH3 is 1. The van der Waals surface area contributed by atoms with Gasteiger partial charge in [-0.05, 0) is 43.2 Å². The Labute approximate surface area is 153 Å². The lowest BCUT2D eigenvalue weighted by Gasteiger charge is -2.19. The minimum absolute atomic E-state index is 0.108. The Bertz CT molecular complexity index is 1030.